The van der Waals surface area contributed by atoms with Crippen LogP contribution >= 0.6 is 11.6 Å². The topological polar surface area (TPSA) is 15.3 Å². The first-order valence-corrected chi connectivity index (χ1v) is 6.64. The zero-order valence-electron chi connectivity index (χ0n) is 10.8. The summed E-state index contributed by atoms with van der Waals surface area (Å²) >= 11 is 5.99. The SMILES string of the molecule is Cc1cc(Cl)ccc1CC1NCCN(C)C1C. The lowest BCUT2D eigenvalue weighted by Gasteiger charge is -2.38. The van der Waals surface area contributed by atoms with E-state index < -0.39 is 0 Å². The number of halogens is 1. The van der Waals surface area contributed by atoms with Crippen molar-refractivity contribution in [3.8, 4) is 0 Å². The van der Waals surface area contributed by atoms with Crippen LogP contribution in [0.2, 0.25) is 5.02 Å². The number of hydrogen-bond acceptors (Lipinski definition) is 2. The molecule has 2 nitrogen and oxygen atoms in total. The van der Waals surface area contributed by atoms with E-state index >= 15 is 0 Å². The van der Waals surface area contributed by atoms with Crippen LogP contribution in [-0.2, 0) is 6.42 Å². The minimum Gasteiger partial charge on any atom is -0.311 e. The summed E-state index contributed by atoms with van der Waals surface area (Å²) in [5.41, 5.74) is 2.69. The summed E-state index contributed by atoms with van der Waals surface area (Å²) in [6, 6.07) is 7.31. The smallest absolute Gasteiger partial charge is 0.0408 e. The Morgan fingerprint density at radius 1 is 1.47 bits per heavy atom. The van der Waals surface area contributed by atoms with Gasteiger partial charge in [-0.15, -0.1) is 0 Å². The predicted molar refractivity (Wildman–Crippen MR) is 73.8 cm³/mol. The van der Waals surface area contributed by atoms with Crippen molar-refractivity contribution >= 4 is 11.6 Å². The van der Waals surface area contributed by atoms with Crippen molar-refractivity contribution in [2.75, 3.05) is 20.1 Å². The van der Waals surface area contributed by atoms with E-state index in [-0.39, 0.29) is 0 Å². The van der Waals surface area contributed by atoms with Crippen LogP contribution in [0.3, 0.4) is 0 Å². The van der Waals surface area contributed by atoms with Gasteiger partial charge in [-0.2, -0.15) is 0 Å². The lowest BCUT2D eigenvalue weighted by atomic mass is 9.95. The fraction of sp³-hybridized carbons (Fsp3) is 0.571. The molecule has 0 saturated carbocycles. The molecule has 1 N–H and O–H groups in total. The molecule has 17 heavy (non-hydrogen) atoms. The van der Waals surface area contributed by atoms with Crippen LogP contribution in [0, 0.1) is 6.92 Å². The van der Waals surface area contributed by atoms with E-state index in [0.29, 0.717) is 12.1 Å². The number of nitrogens with zero attached hydrogens (tertiary/aromatic N) is 1. The molecule has 1 heterocycles. The molecular formula is C14H21ClN2. The maximum Gasteiger partial charge on any atom is 0.0408 e. The van der Waals surface area contributed by atoms with Crippen molar-refractivity contribution in [3.05, 3.63) is 34.3 Å². The second-order valence-corrected chi connectivity index (χ2v) is 5.49. The van der Waals surface area contributed by atoms with Gasteiger partial charge >= 0.3 is 0 Å². The van der Waals surface area contributed by atoms with Crippen molar-refractivity contribution in [2.45, 2.75) is 32.4 Å². The molecule has 1 saturated heterocycles. The van der Waals surface area contributed by atoms with Crippen LogP contribution in [0.1, 0.15) is 18.1 Å². The normalized spacial score (nSPS) is 26.1. The minimum atomic E-state index is 0.536. The van der Waals surface area contributed by atoms with E-state index in [4.69, 9.17) is 11.6 Å². The molecule has 2 unspecified atom stereocenters. The molecule has 0 spiro atoms. The van der Waals surface area contributed by atoms with E-state index in [9.17, 15) is 0 Å². The van der Waals surface area contributed by atoms with Crippen molar-refractivity contribution in [2.24, 2.45) is 0 Å². The Kier molecular flexibility index (Phi) is 4.08. The molecule has 0 radical (unpaired) electrons. The highest BCUT2D eigenvalue weighted by molar-refractivity contribution is 6.30. The quantitative estimate of drug-likeness (QED) is 0.870. The van der Waals surface area contributed by atoms with Crippen LogP contribution in [0.5, 0.6) is 0 Å². The number of rotatable bonds is 2. The molecule has 0 aromatic heterocycles. The van der Waals surface area contributed by atoms with Crippen molar-refractivity contribution < 1.29 is 0 Å². The molecule has 0 amide bonds. The first kappa shape index (κ1) is 12.9. The lowest BCUT2D eigenvalue weighted by molar-refractivity contribution is 0.163. The number of nitrogens with one attached hydrogen (secondary N) is 1. The van der Waals surface area contributed by atoms with E-state index in [2.05, 4.69) is 37.2 Å². The molecule has 94 valence electrons. The van der Waals surface area contributed by atoms with E-state index in [0.717, 1.165) is 24.5 Å². The van der Waals surface area contributed by atoms with Crippen molar-refractivity contribution in [1.82, 2.24) is 10.2 Å². The second kappa shape index (κ2) is 5.38. The summed E-state index contributed by atoms with van der Waals surface area (Å²) in [5.74, 6) is 0. The van der Waals surface area contributed by atoms with Gasteiger partial charge < -0.3 is 10.2 Å². The maximum absolute atomic E-state index is 5.99. The van der Waals surface area contributed by atoms with Gasteiger partial charge in [0.15, 0.2) is 0 Å². The Hall–Kier alpha value is -0.570. The Morgan fingerprint density at radius 3 is 2.94 bits per heavy atom. The molecule has 2 rings (SSSR count). The van der Waals surface area contributed by atoms with E-state index in [1.54, 1.807) is 0 Å². The molecule has 3 heteroatoms. The summed E-state index contributed by atoms with van der Waals surface area (Å²) in [6.07, 6.45) is 1.08. The molecule has 0 bridgehead atoms. The van der Waals surface area contributed by atoms with Gasteiger partial charge in [-0.25, -0.2) is 0 Å². The largest absolute Gasteiger partial charge is 0.311 e. The van der Waals surface area contributed by atoms with Gasteiger partial charge in [0.25, 0.3) is 0 Å². The molecule has 1 aliphatic rings. The number of piperazine rings is 1. The Bertz CT molecular complexity index is 392. The van der Waals surface area contributed by atoms with Crippen LogP contribution < -0.4 is 5.32 Å². The van der Waals surface area contributed by atoms with Gasteiger partial charge in [0, 0.05) is 30.2 Å². The summed E-state index contributed by atoms with van der Waals surface area (Å²) in [4.78, 5) is 2.42. The summed E-state index contributed by atoms with van der Waals surface area (Å²) in [6.45, 7) is 6.65. The Balaban J connectivity index is 2.09. The molecule has 2 atom stereocenters. The highest BCUT2D eigenvalue weighted by Gasteiger charge is 2.25. The van der Waals surface area contributed by atoms with Gasteiger partial charge in [-0.1, -0.05) is 17.7 Å². The fourth-order valence-electron chi connectivity index (χ4n) is 2.48. The van der Waals surface area contributed by atoms with Crippen molar-refractivity contribution in [3.63, 3.8) is 0 Å². The first-order valence-electron chi connectivity index (χ1n) is 6.26. The van der Waals surface area contributed by atoms with Gasteiger partial charge in [-0.3, -0.25) is 0 Å². The predicted octanol–water partition coefficient (Wildman–Crippen LogP) is 2.48. The zero-order valence-corrected chi connectivity index (χ0v) is 11.6. The van der Waals surface area contributed by atoms with Crippen LogP contribution in [0.15, 0.2) is 18.2 Å². The van der Waals surface area contributed by atoms with Crippen molar-refractivity contribution in [1.29, 1.82) is 0 Å². The Labute approximate surface area is 109 Å². The zero-order chi connectivity index (χ0) is 12.4. The first-order chi connectivity index (χ1) is 8.08. The highest BCUT2D eigenvalue weighted by atomic mass is 35.5. The van der Waals surface area contributed by atoms with E-state index in [1.807, 2.05) is 12.1 Å². The number of aryl methyl sites for hydroxylation is 1. The average molecular weight is 253 g/mol. The number of hydrogen-bond donors (Lipinski definition) is 1. The highest BCUT2D eigenvalue weighted by Crippen LogP contribution is 2.19. The molecular weight excluding hydrogens is 232 g/mol. The maximum atomic E-state index is 5.99. The molecule has 1 aromatic carbocycles. The van der Waals surface area contributed by atoms with Gasteiger partial charge in [0.05, 0.1) is 0 Å². The second-order valence-electron chi connectivity index (χ2n) is 5.06. The summed E-state index contributed by atoms with van der Waals surface area (Å²) < 4.78 is 0. The van der Waals surface area contributed by atoms with Gasteiger partial charge in [0.1, 0.15) is 0 Å². The third-order valence-corrected chi connectivity index (χ3v) is 4.13. The van der Waals surface area contributed by atoms with Crippen LogP contribution in [0.4, 0.5) is 0 Å². The number of likely N-dealkylation sites (N-methyl/N-ethyl adjacent to an activating group) is 1. The standard InChI is InChI=1S/C14H21ClN2/c1-10-8-13(15)5-4-12(10)9-14-11(2)17(3)7-6-16-14/h4-5,8,11,14,16H,6-7,9H2,1-3H3. The third kappa shape index (κ3) is 3.01. The average Bonchev–Trinajstić information content (AvgIpc) is 2.28. The molecule has 1 fully saturated rings. The molecule has 1 aliphatic heterocycles. The van der Waals surface area contributed by atoms with Gasteiger partial charge in [0.2, 0.25) is 0 Å². The monoisotopic (exact) mass is 252 g/mol. The molecule has 1 aromatic rings. The lowest BCUT2D eigenvalue weighted by Crippen LogP contribution is -2.55. The Morgan fingerprint density at radius 2 is 2.24 bits per heavy atom. The van der Waals surface area contributed by atoms with Gasteiger partial charge in [-0.05, 0) is 50.6 Å². The fourth-order valence-corrected chi connectivity index (χ4v) is 2.70. The van der Waals surface area contributed by atoms with Crippen LogP contribution in [-0.4, -0.2) is 37.1 Å². The molecule has 0 aliphatic carbocycles. The summed E-state index contributed by atoms with van der Waals surface area (Å²) in [7, 11) is 2.20. The van der Waals surface area contributed by atoms with Crippen LogP contribution in [0.25, 0.3) is 0 Å². The van der Waals surface area contributed by atoms with E-state index in [1.165, 1.54) is 11.1 Å². The number of benzene rings is 1. The summed E-state index contributed by atoms with van der Waals surface area (Å²) in [5, 5.41) is 4.44. The minimum absolute atomic E-state index is 0.536. The third-order valence-electron chi connectivity index (χ3n) is 3.89.